The summed E-state index contributed by atoms with van der Waals surface area (Å²) in [4.78, 5) is 16.4. The standard InChI is InChI=1S/C16H24N4O/c1-14-3-5-15(6-4-14)13-17-18-16(21)7-8-20-11-9-19(2)10-12-20/h3-6,13H,7-12H2,1-2H3,(H,18,21)/b17-13-. The highest BCUT2D eigenvalue weighted by atomic mass is 16.2. The normalized spacial score (nSPS) is 17.2. The van der Waals surface area contributed by atoms with Crippen molar-refractivity contribution in [3.63, 3.8) is 0 Å². The van der Waals surface area contributed by atoms with E-state index in [-0.39, 0.29) is 5.91 Å². The number of hydrogen-bond acceptors (Lipinski definition) is 4. The third kappa shape index (κ3) is 5.65. The number of piperazine rings is 1. The van der Waals surface area contributed by atoms with Crippen LogP contribution in [0.4, 0.5) is 0 Å². The number of nitrogens with one attached hydrogen (secondary N) is 1. The van der Waals surface area contributed by atoms with Gasteiger partial charge in [0.15, 0.2) is 0 Å². The van der Waals surface area contributed by atoms with Crippen LogP contribution in [0, 0.1) is 6.92 Å². The maximum Gasteiger partial charge on any atom is 0.241 e. The molecule has 0 bridgehead atoms. The summed E-state index contributed by atoms with van der Waals surface area (Å²) in [5.74, 6) is -0.0303. The topological polar surface area (TPSA) is 47.9 Å². The molecule has 1 aromatic rings. The van der Waals surface area contributed by atoms with Crippen molar-refractivity contribution in [3.8, 4) is 0 Å². The van der Waals surface area contributed by atoms with Crippen molar-refractivity contribution in [2.45, 2.75) is 13.3 Å². The second-order valence-electron chi connectivity index (χ2n) is 5.60. The molecule has 1 aliphatic heterocycles. The Morgan fingerprint density at radius 1 is 1.24 bits per heavy atom. The molecule has 0 spiro atoms. The van der Waals surface area contributed by atoms with Crippen LogP contribution >= 0.6 is 0 Å². The van der Waals surface area contributed by atoms with Crippen molar-refractivity contribution in [2.24, 2.45) is 5.10 Å². The molecule has 1 amide bonds. The van der Waals surface area contributed by atoms with Gasteiger partial charge in [-0.2, -0.15) is 5.10 Å². The van der Waals surface area contributed by atoms with Crippen LogP contribution < -0.4 is 5.43 Å². The maximum atomic E-state index is 11.7. The van der Waals surface area contributed by atoms with E-state index in [0.29, 0.717) is 6.42 Å². The highest BCUT2D eigenvalue weighted by Gasteiger charge is 2.14. The number of benzene rings is 1. The summed E-state index contributed by atoms with van der Waals surface area (Å²) in [6, 6.07) is 8.01. The lowest BCUT2D eigenvalue weighted by Crippen LogP contribution is -2.45. The highest BCUT2D eigenvalue weighted by Crippen LogP contribution is 2.01. The van der Waals surface area contributed by atoms with Crippen LogP contribution in [0.1, 0.15) is 17.5 Å². The highest BCUT2D eigenvalue weighted by molar-refractivity contribution is 5.82. The Morgan fingerprint density at radius 2 is 1.90 bits per heavy atom. The summed E-state index contributed by atoms with van der Waals surface area (Å²) in [6.07, 6.45) is 2.17. The third-order valence-corrected chi connectivity index (χ3v) is 3.73. The van der Waals surface area contributed by atoms with Gasteiger partial charge in [0.2, 0.25) is 5.91 Å². The molecule has 0 saturated carbocycles. The first-order valence-corrected chi connectivity index (χ1v) is 7.43. The van der Waals surface area contributed by atoms with E-state index in [4.69, 9.17) is 0 Å². The molecule has 5 heteroatoms. The minimum atomic E-state index is -0.0303. The van der Waals surface area contributed by atoms with Gasteiger partial charge in [0, 0.05) is 39.1 Å². The van der Waals surface area contributed by atoms with Gasteiger partial charge in [0.1, 0.15) is 0 Å². The summed E-state index contributed by atoms with van der Waals surface area (Å²) >= 11 is 0. The van der Waals surface area contributed by atoms with Crippen LogP contribution in [-0.4, -0.2) is 61.7 Å². The fourth-order valence-corrected chi connectivity index (χ4v) is 2.22. The molecule has 1 aromatic carbocycles. The monoisotopic (exact) mass is 288 g/mol. The van der Waals surface area contributed by atoms with Crippen LogP contribution in [0.3, 0.4) is 0 Å². The van der Waals surface area contributed by atoms with E-state index in [1.165, 1.54) is 5.56 Å². The van der Waals surface area contributed by atoms with Crippen molar-refractivity contribution in [1.29, 1.82) is 0 Å². The molecule has 1 aliphatic rings. The van der Waals surface area contributed by atoms with Crippen molar-refractivity contribution < 1.29 is 4.79 Å². The lowest BCUT2D eigenvalue weighted by atomic mass is 10.2. The van der Waals surface area contributed by atoms with Gasteiger partial charge in [0.25, 0.3) is 0 Å². The fourth-order valence-electron chi connectivity index (χ4n) is 2.22. The van der Waals surface area contributed by atoms with Crippen LogP contribution in [0.2, 0.25) is 0 Å². The molecule has 1 heterocycles. The first-order chi connectivity index (χ1) is 10.1. The molecule has 1 N–H and O–H groups in total. The lowest BCUT2D eigenvalue weighted by Gasteiger charge is -2.32. The van der Waals surface area contributed by atoms with Gasteiger partial charge < -0.3 is 9.80 Å². The first-order valence-electron chi connectivity index (χ1n) is 7.43. The molecular formula is C16H24N4O. The zero-order valence-electron chi connectivity index (χ0n) is 12.9. The van der Waals surface area contributed by atoms with Gasteiger partial charge >= 0.3 is 0 Å². The number of aryl methyl sites for hydroxylation is 1. The van der Waals surface area contributed by atoms with Gasteiger partial charge in [-0.3, -0.25) is 4.79 Å². The third-order valence-electron chi connectivity index (χ3n) is 3.73. The molecule has 21 heavy (non-hydrogen) atoms. The van der Waals surface area contributed by atoms with E-state index in [1.54, 1.807) is 6.21 Å². The Hall–Kier alpha value is -1.72. The molecule has 5 nitrogen and oxygen atoms in total. The second kappa shape index (κ2) is 7.90. The number of carbonyl (C=O) groups is 1. The average Bonchev–Trinajstić information content (AvgIpc) is 2.49. The zero-order valence-corrected chi connectivity index (χ0v) is 12.9. The zero-order chi connectivity index (χ0) is 15.1. The van der Waals surface area contributed by atoms with Crippen LogP contribution in [0.15, 0.2) is 29.4 Å². The minimum Gasteiger partial charge on any atom is -0.304 e. The number of rotatable bonds is 5. The van der Waals surface area contributed by atoms with Crippen molar-refractivity contribution in [3.05, 3.63) is 35.4 Å². The minimum absolute atomic E-state index is 0.0303. The SMILES string of the molecule is Cc1ccc(/C=N\NC(=O)CCN2CCN(C)CC2)cc1. The van der Waals surface area contributed by atoms with Crippen molar-refractivity contribution >= 4 is 12.1 Å². The first kappa shape index (κ1) is 15.7. The Kier molecular flexibility index (Phi) is 5.90. The summed E-state index contributed by atoms with van der Waals surface area (Å²) < 4.78 is 0. The number of amides is 1. The molecule has 2 rings (SSSR count). The van der Waals surface area contributed by atoms with Crippen LogP contribution in [0.25, 0.3) is 0 Å². The molecule has 114 valence electrons. The number of hydrazone groups is 1. The average molecular weight is 288 g/mol. The molecule has 0 radical (unpaired) electrons. The van der Waals surface area contributed by atoms with E-state index < -0.39 is 0 Å². The molecular weight excluding hydrogens is 264 g/mol. The molecule has 0 unspecified atom stereocenters. The van der Waals surface area contributed by atoms with E-state index in [0.717, 1.165) is 38.3 Å². The van der Waals surface area contributed by atoms with Gasteiger partial charge in [-0.15, -0.1) is 0 Å². The largest absolute Gasteiger partial charge is 0.304 e. The fraction of sp³-hybridized carbons (Fsp3) is 0.500. The van der Waals surface area contributed by atoms with Crippen LogP contribution in [0.5, 0.6) is 0 Å². The van der Waals surface area contributed by atoms with Crippen LogP contribution in [-0.2, 0) is 4.79 Å². The number of hydrogen-bond donors (Lipinski definition) is 1. The number of nitrogens with zero attached hydrogens (tertiary/aromatic N) is 3. The predicted molar refractivity (Wildman–Crippen MR) is 85.5 cm³/mol. The molecule has 1 saturated heterocycles. The summed E-state index contributed by atoms with van der Waals surface area (Å²) in [5, 5.41) is 4.00. The van der Waals surface area contributed by atoms with E-state index in [2.05, 4.69) is 27.4 Å². The van der Waals surface area contributed by atoms with Gasteiger partial charge in [-0.05, 0) is 19.5 Å². The second-order valence-corrected chi connectivity index (χ2v) is 5.60. The lowest BCUT2D eigenvalue weighted by molar-refractivity contribution is -0.121. The maximum absolute atomic E-state index is 11.7. The Morgan fingerprint density at radius 3 is 2.57 bits per heavy atom. The van der Waals surface area contributed by atoms with Gasteiger partial charge in [0.05, 0.1) is 6.21 Å². The van der Waals surface area contributed by atoms with E-state index in [9.17, 15) is 4.79 Å². The summed E-state index contributed by atoms with van der Waals surface area (Å²) in [7, 11) is 2.13. The Bertz CT molecular complexity index is 476. The van der Waals surface area contributed by atoms with Crippen molar-refractivity contribution in [2.75, 3.05) is 39.8 Å². The smallest absolute Gasteiger partial charge is 0.241 e. The summed E-state index contributed by atoms with van der Waals surface area (Å²) in [5.41, 5.74) is 4.79. The van der Waals surface area contributed by atoms with Gasteiger partial charge in [-0.25, -0.2) is 5.43 Å². The quantitative estimate of drug-likeness (QED) is 0.651. The van der Waals surface area contributed by atoms with Gasteiger partial charge in [-0.1, -0.05) is 29.8 Å². The Labute approximate surface area is 126 Å². The van der Waals surface area contributed by atoms with Crippen molar-refractivity contribution in [1.82, 2.24) is 15.2 Å². The number of likely N-dealkylation sites (N-methyl/N-ethyl adjacent to an activating group) is 1. The molecule has 0 aromatic heterocycles. The number of carbonyl (C=O) groups excluding carboxylic acids is 1. The molecule has 1 fully saturated rings. The predicted octanol–water partition coefficient (Wildman–Crippen LogP) is 1.08. The molecule has 0 aliphatic carbocycles. The Balaban J connectivity index is 1.66. The summed E-state index contributed by atoms with van der Waals surface area (Å²) in [6.45, 7) is 7.08. The van der Waals surface area contributed by atoms with E-state index >= 15 is 0 Å². The molecule has 0 atom stereocenters. The van der Waals surface area contributed by atoms with E-state index in [1.807, 2.05) is 31.2 Å².